The van der Waals surface area contributed by atoms with E-state index in [-0.39, 0.29) is 0 Å². The van der Waals surface area contributed by atoms with Gasteiger partial charge in [-0.1, -0.05) is 0 Å². The van der Waals surface area contributed by atoms with E-state index in [0.717, 1.165) is 12.6 Å². The summed E-state index contributed by atoms with van der Waals surface area (Å²) in [5, 5.41) is 3.54. The number of thioether (sulfide) groups is 1. The molecule has 3 heteroatoms. The van der Waals surface area contributed by atoms with Crippen molar-refractivity contribution < 1.29 is 0 Å². The SMILES string of the molecule is CC1CN(C2CSC2(C)C)C(C)CN1. The zero-order valence-corrected chi connectivity index (χ0v) is 10.5. The van der Waals surface area contributed by atoms with Gasteiger partial charge in [0.25, 0.3) is 0 Å². The number of hydrogen-bond donors (Lipinski definition) is 1. The van der Waals surface area contributed by atoms with E-state index in [0.29, 0.717) is 16.8 Å². The summed E-state index contributed by atoms with van der Waals surface area (Å²) in [6, 6.07) is 2.16. The average molecular weight is 214 g/mol. The van der Waals surface area contributed by atoms with E-state index in [9.17, 15) is 0 Å². The molecular formula is C11H22N2S. The molecule has 2 fully saturated rings. The lowest BCUT2D eigenvalue weighted by atomic mass is 9.97. The normalized spacial score (nSPS) is 43.3. The lowest BCUT2D eigenvalue weighted by Crippen LogP contribution is -2.65. The summed E-state index contributed by atoms with van der Waals surface area (Å²) in [5.74, 6) is 1.32. The molecule has 0 bridgehead atoms. The Morgan fingerprint density at radius 2 is 2.07 bits per heavy atom. The fourth-order valence-electron chi connectivity index (χ4n) is 2.47. The fraction of sp³-hybridized carbons (Fsp3) is 1.00. The predicted molar refractivity (Wildman–Crippen MR) is 64.0 cm³/mol. The highest BCUT2D eigenvalue weighted by Gasteiger charge is 2.45. The minimum atomic E-state index is 0.478. The average Bonchev–Trinajstić information content (AvgIpc) is 2.10. The van der Waals surface area contributed by atoms with Crippen LogP contribution >= 0.6 is 11.8 Å². The van der Waals surface area contributed by atoms with Crippen LogP contribution in [0.3, 0.4) is 0 Å². The molecule has 0 aromatic rings. The molecule has 82 valence electrons. The van der Waals surface area contributed by atoms with Crippen molar-refractivity contribution in [3.8, 4) is 0 Å². The highest BCUT2D eigenvalue weighted by Crippen LogP contribution is 2.43. The third-order valence-electron chi connectivity index (χ3n) is 3.63. The summed E-state index contributed by atoms with van der Waals surface area (Å²) < 4.78 is 0.478. The largest absolute Gasteiger partial charge is 0.311 e. The van der Waals surface area contributed by atoms with Crippen molar-refractivity contribution in [1.82, 2.24) is 10.2 Å². The van der Waals surface area contributed by atoms with Crippen LogP contribution in [0.5, 0.6) is 0 Å². The van der Waals surface area contributed by atoms with Crippen molar-refractivity contribution in [1.29, 1.82) is 0 Å². The molecule has 0 aromatic heterocycles. The van der Waals surface area contributed by atoms with Crippen LogP contribution in [0.25, 0.3) is 0 Å². The van der Waals surface area contributed by atoms with Gasteiger partial charge in [-0.3, -0.25) is 4.90 Å². The molecule has 2 heterocycles. The highest BCUT2D eigenvalue weighted by molar-refractivity contribution is 8.02. The first-order valence-corrected chi connectivity index (χ1v) is 6.62. The Labute approximate surface area is 91.8 Å². The summed E-state index contributed by atoms with van der Waals surface area (Å²) in [5.41, 5.74) is 0. The first-order valence-electron chi connectivity index (χ1n) is 5.64. The smallest absolute Gasteiger partial charge is 0.0332 e. The van der Waals surface area contributed by atoms with Crippen molar-refractivity contribution >= 4 is 11.8 Å². The van der Waals surface area contributed by atoms with E-state index in [4.69, 9.17) is 0 Å². The van der Waals surface area contributed by atoms with Crippen LogP contribution in [-0.2, 0) is 0 Å². The van der Waals surface area contributed by atoms with Gasteiger partial charge >= 0.3 is 0 Å². The summed E-state index contributed by atoms with van der Waals surface area (Å²) in [6.45, 7) is 11.8. The van der Waals surface area contributed by atoms with Crippen molar-refractivity contribution in [2.24, 2.45) is 0 Å². The molecule has 1 N–H and O–H groups in total. The maximum absolute atomic E-state index is 3.54. The van der Waals surface area contributed by atoms with E-state index < -0.39 is 0 Å². The van der Waals surface area contributed by atoms with Gasteiger partial charge in [-0.05, 0) is 27.7 Å². The van der Waals surface area contributed by atoms with Crippen molar-refractivity contribution in [2.45, 2.75) is 50.6 Å². The number of nitrogens with one attached hydrogen (secondary N) is 1. The topological polar surface area (TPSA) is 15.3 Å². The maximum atomic E-state index is 3.54. The van der Waals surface area contributed by atoms with E-state index in [1.54, 1.807) is 0 Å². The van der Waals surface area contributed by atoms with Crippen LogP contribution in [0.2, 0.25) is 0 Å². The third-order valence-corrected chi connectivity index (χ3v) is 5.13. The monoisotopic (exact) mass is 214 g/mol. The molecule has 2 aliphatic heterocycles. The van der Waals surface area contributed by atoms with Gasteiger partial charge < -0.3 is 5.32 Å². The zero-order chi connectivity index (χ0) is 10.3. The van der Waals surface area contributed by atoms with E-state index in [2.05, 4.69) is 49.7 Å². The summed E-state index contributed by atoms with van der Waals surface area (Å²) in [7, 11) is 0. The number of piperazine rings is 1. The standard InChI is InChI=1S/C11H22N2S/c1-8-6-13(9(2)5-12-8)10-7-14-11(10,3)4/h8-10,12H,5-7H2,1-4H3. The van der Waals surface area contributed by atoms with Gasteiger partial charge in [0.15, 0.2) is 0 Å². The number of hydrogen-bond acceptors (Lipinski definition) is 3. The lowest BCUT2D eigenvalue weighted by Gasteiger charge is -2.54. The van der Waals surface area contributed by atoms with Gasteiger partial charge in [-0.15, -0.1) is 0 Å². The minimum absolute atomic E-state index is 0.478. The molecule has 2 aliphatic rings. The van der Waals surface area contributed by atoms with E-state index in [1.165, 1.54) is 12.3 Å². The second kappa shape index (κ2) is 3.69. The molecule has 0 aromatic carbocycles. The van der Waals surface area contributed by atoms with Crippen LogP contribution in [0.1, 0.15) is 27.7 Å². The zero-order valence-electron chi connectivity index (χ0n) is 9.71. The Morgan fingerprint density at radius 3 is 2.57 bits per heavy atom. The second-order valence-corrected chi connectivity index (χ2v) is 6.96. The van der Waals surface area contributed by atoms with Gasteiger partial charge in [-0.25, -0.2) is 0 Å². The minimum Gasteiger partial charge on any atom is -0.311 e. The Morgan fingerprint density at radius 1 is 1.36 bits per heavy atom. The van der Waals surface area contributed by atoms with E-state index in [1.807, 2.05) is 0 Å². The molecule has 0 radical (unpaired) electrons. The fourth-order valence-corrected chi connectivity index (χ4v) is 3.78. The molecule has 0 aliphatic carbocycles. The van der Waals surface area contributed by atoms with Crippen molar-refractivity contribution in [3.63, 3.8) is 0 Å². The summed E-state index contributed by atoms with van der Waals surface area (Å²) >= 11 is 2.11. The summed E-state index contributed by atoms with van der Waals surface area (Å²) in [6.07, 6.45) is 0. The molecule has 3 atom stereocenters. The quantitative estimate of drug-likeness (QED) is 0.713. The lowest BCUT2D eigenvalue weighted by molar-refractivity contribution is 0.0824. The molecule has 0 spiro atoms. The van der Waals surface area contributed by atoms with Crippen LogP contribution in [0.15, 0.2) is 0 Å². The van der Waals surface area contributed by atoms with Gasteiger partial charge in [0.1, 0.15) is 0 Å². The Hall–Kier alpha value is 0.270. The van der Waals surface area contributed by atoms with Gasteiger partial charge in [-0.2, -0.15) is 11.8 Å². The van der Waals surface area contributed by atoms with Crippen molar-refractivity contribution in [2.75, 3.05) is 18.8 Å². The highest BCUT2D eigenvalue weighted by atomic mass is 32.2. The predicted octanol–water partition coefficient (Wildman–Crippen LogP) is 1.56. The molecule has 2 nitrogen and oxygen atoms in total. The van der Waals surface area contributed by atoms with Gasteiger partial charge in [0, 0.05) is 41.7 Å². The van der Waals surface area contributed by atoms with E-state index >= 15 is 0 Å². The second-order valence-electron chi connectivity index (χ2n) is 5.29. The van der Waals surface area contributed by atoms with Crippen LogP contribution in [-0.4, -0.2) is 46.6 Å². The first-order chi connectivity index (χ1) is 6.50. The van der Waals surface area contributed by atoms with Crippen molar-refractivity contribution in [3.05, 3.63) is 0 Å². The number of nitrogens with zero attached hydrogens (tertiary/aromatic N) is 1. The molecular weight excluding hydrogens is 192 g/mol. The Balaban J connectivity index is 2.01. The molecule has 3 unspecified atom stereocenters. The number of rotatable bonds is 1. The maximum Gasteiger partial charge on any atom is 0.0332 e. The Kier molecular flexibility index (Phi) is 2.84. The third kappa shape index (κ3) is 1.82. The molecule has 2 saturated heterocycles. The molecule has 0 saturated carbocycles. The van der Waals surface area contributed by atoms with Crippen LogP contribution < -0.4 is 5.32 Å². The van der Waals surface area contributed by atoms with Gasteiger partial charge in [0.05, 0.1) is 0 Å². The van der Waals surface area contributed by atoms with Gasteiger partial charge in [0.2, 0.25) is 0 Å². The molecule has 2 rings (SSSR count). The summed E-state index contributed by atoms with van der Waals surface area (Å²) in [4.78, 5) is 2.71. The molecule has 14 heavy (non-hydrogen) atoms. The Bertz CT molecular complexity index is 217. The van der Waals surface area contributed by atoms with Crippen LogP contribution in [0.4, 0.5) is 0 Å². The first kappa shape index (κ1) is 10.8. The van der Waals surface area contributed by atoms with Crippen LogP contribution in [0, 0.1) is 0 Å². The molecule has 0 amide bonds.